The first-order chi connectivity index (χ1) is 15.9. The van der Waals surface area contributed by atoms with Crippen LogP contribution in [0.4, 0.5) is 5.00 Å². The lowest BCUT2D eigenvalue weighted by molar-refractivity contribution is 0.103. The Morgan fingerprint density at radius 2 is 1.88 bits per heavy atom. The van der Waals surface area contributed by atoms with Crippen molar-refractivity contribution < 1.29 is 14.3 Å². The van der Waals surface area contributed by atoms with Crippen molar-refractivity contribution in [3.05, 3.63) is 62.2 Å². The quantitative estimate of drug-likeness (QED) is 0.415. The largest absolute Gasteiger partial charge is 0.493 e. The van der Waals surface area contributed by atoms with E-state index in [0.717, 1.165) is 59.5 Å². The summed E-state index contributed by atoms with van der Waals surface area (Å²) < 4.78 is 11.5. The van der Waals surface area contributed by atoms with E-state index in [4.69, 9.17) is 9.47 Å². The molecule has 1 saturated heterocycles. The molecular formula is C26H32N2O3S2. The summed E-state index contributed by atoms with van der Waals surface area (Å²) in [6.45, 7) is 8.61. The fourth-order valence-corrected chi connectivity index (χ4v) is 6.29. The molecule has 4 rings (SSSR count). The number of ether oxygens (including phenoxy) is 2. The van der Waals surface area contributed by atoms with E-state index in [9.17, 15) is 4.79 Å². The van der Waals surface area contributed by atoms with Gasteiger partial charge in [0.15, 0.2) is 11.5 Å². The van der Waals surface area contributed by atoms with E-state index in [-0.39, 0.29) is 11.9 Å². The Bertz CT molecular complexity index is 1100. The Kier molecular flexibility index (Phi) is 7.41. The number of methoxy groups -OCH3 is 2. The van der Waals surface area contributed by atoms with Gasteiger partial charge in [0.05, 0.1) is 25.1 Å². The van der Waals surface area contributed by atoms with Crippen molar-refractivity contribution in [1.29, 1.82) is 0 Å². The van der Waals surface area contributed by atoms with E-state index in [1.165, 1.54) is 21.8 Å². The molecular weight excluding hydrogens is 452 g/mol. The van der Waals surface area contributed by atoms with Gasteiger partial charge in [-0.15, -0.1) is 22.7 Å². The number of hydrogen-bond donors (Lipinski definition) is 1. The molecule has 0 unspecified atom stereocenters. The molecule has 5 nitrogen and oxygen atoms in total. The molecule has 1 atom stereocenters. The second-order valence-electron chi connectivity index (χ2n) is 8.66. The second kappa shape index (κ2) is 10.3. The van der Waals surface area contributed by atoms with Gasteiger partial charge in [0, 0.05) is 16.0 Å². The first-order valence-electron chi connectivity index (χ1n) is 11.3. The highest BCUT2D eigenvalue weighted by Gasteiger charge is 2.34. The number of rotatable bonds is 7. The van der Waals surface area contributed by atoms with E-state index >= 15 is 0 Å². The molecule has 1 aliphatic rings. The molecule has 33 heavy (non-hydrogen) atoms. The number of nitrogens with zero attached hydrogens (tertiary/aromatic N) is 1. The first-order valence-corrected chi connectivity index (χ1v) is 13.0. The molecule has 3 aromatic rings. The average molecular weight is 485 g/mol. The number of para-hydroxylation sites is 1. The standard InChI is InChI=1S/C26H32N2O3S2/c1-16-11-13-28(14-12-16)23(19-8-6-9-20(30-4)24(19)31-5)22-17(2)18(3)33-26(22)27-25(29)21-10-7-15-32-21/h6-10,15-16,23H,11-14H2,1-5H3,(H,27,29)/t23-/m1/s1. The lowest BCUT2D eigenvalue weighted by atomic mass is 9.90. The number of hydrogen-bond acceptors (Lipinski definition) is 6. The number of likely N-dealkylation sites (tertiary alicyclic amines) is 1. The number of amides is 1. The molecule has 176 valence electrons. The van der Waals surface area contributed by atoms with Gasteiger partial charge in [-0.1, -0.05) is 25.1 Å². The van der Waals surface area contributed by atoms with Crippen LogP contribution in [0.5, 0.6) is 11.5 Å². The van der Waals surface area contributed by atoms with Crippen molar-refractivity contribution >= 4 is 33.6 Å². The van der Waals surface area contributed by atoms with Gasteiger partial charge in [0.2, 0.25) is 0 Å². The van der Waals surface area contributed by atoms with Gasteiger partial charge >= 0.3 is 0 Å². The van der Waals surface area contributed by atoms with Crippen molar-refractivity contribution in [3.63, 3.8) is 0 Å². The summed E-state index contributed by atoms with van der Waals surface area (Å²) in [6, 6.07) is 9.82. The van der Waals surface area contributed by atoms with Crippen LogP contribution in [0.2, 0.25) is 0 Å². The monoisotopic (exact) mass is 484 g/mol. The van der Waals surface area contributed by atoms with Gasteiger partial charge in [-0.2, -0.15) is 0 Å². The molecule has 0 radical (unpaired) electrons. The normalized spacial score (nSPS) is 15.9. The van der Waals surface area contributed by atoms with Crippen molar-refractivity contribution in [3.8, 4) is 11.5 Å². The lowest BCUT2D eigenvalue weighted by Crippen LogP contribution is -2.37. The molecule has 0 spiro atoms. The summed E-state index contributed by atoms with van der Waals surface area (Å²) in [5.41, 5.74) is 3.44. The summed E-state index contributed by atoms with van der Waals surface area (Å²) in [7, 11) is 3.37. The van der Waals surface area contributed by atoms with Gasteiger partial charge in [0.1, 0.15) is 5.00 Å². The van der Waals surface area contributed by atoms with Crippen LogP contribution < -0.4 is 14.8 Å². The minimum atomic E-state index is -0.0591. The SMILES string of the molecule is COc1cccc([C@H](c2c(NC(=O)c3cccs3)sc(C)c2C)N2CCC(C)CC2)c1OC. The molecule has 1 N–H and O–H groups in total. The molecule has 1 aliphatic heterocycles. The van der Waals surface area contributed by atoms with Gasteiger partial charge in [-0.3, -0.25) is 9.69 Å². The van der Waals surface area contributed by atoms with Crippen LogP contribution in [0.1, 0.15) is 57.0 Å². The average Bonchev–Trinajstić information content (AvgIpc) is 3.45. The van der Waals surface area contributed by atoms with Crippen molar-refractivity contribution in [2.24, 2.45) is 5.92 Å². The summed E-state index contributed by atoms with van der Waals surface area (Å²) >= 11 is 3.11. The third-order valence-corrected chi connectivity index (χ3v) is 8.60. The number of carbonyl (C=O) groups excluding carboxylic acids is 1. The van der Waals surface area contributed by atoms with E-state index in [1.807, 2.05) is 29.6 Å². The van der Waals surface area contributed by atoms with Crippen LogP contribution in [-0.2, 0) is 0 Å². The van der Waals surface area contributed by atoms with E-state index in [0.29, 0.717) is 4.88 Å². The van der Waals surface area contributed by atoms with E-state index in [2.05, 4.69) is 37.1 Å². The number of piperidine rings is 1. The number of aryl methyl sites for hydroxylation is 1. The maximum atomic E-state index is 13.0. The Morgan fingerprint density at radius 3 is 2.52 bits per heavy atom. The fraction of sp³-hybridized carbons (Fsp3) is 0.423. The number of thiophene rings is 2. The van der Waals surface area contributed by atoms with Gasteiger partial charge in [-0.05, 0) is 68.8 Å². The Morgan fingerprint density at radius 1 is 1.12 bits per heavy atom. The van der Waals surface area contributed by atoms with Crippen LogP contribution in [0.25, 0.3) is 0 Å². The third-order valence-electron chi connectivity index (χ3n) is 6.59. The van der Waals surface area contributed by atoms with Crippen LogP contribution in [0, 0.1) is 19.8 Å². The van der Waals surface area contributed by atoms with Crippen molar-refractivity contribution in [2.45, 2.75) is 39.7 Å². The predicted molar refractivity (Wildman–Crippen MR) is 137 cm³/mol. The Labute approximate surface area is 204 Å². The highest BCUT2D eigenvalue weighted by Crippen LogP contribution is 2.47. The van der Waals surface area contributed by atoms with Gasteiger partial charge < -0.3 is 14.8 Å². The lowest BCUT2D eigenvalue weighted by Gasteiger charge is -2.38. The van der Waals surface area contributed by atoms with Crippen molar-refractivity contribution in [1.82, 2.24) is 4.90 Å². The minimum Gasteiger partial charge on any atom is -0.493 e. The summed E-state index contributed by atoms with van der Waals surface area (Å²) in [5.74, 6) is 2.13. The Balaban J connectivity index is 1.84. The first kappa shape index (κ1) is 23.8. The number of nitrogens with one attached hydrogen (secondary N) is 1. The maximum absolute atomic E-state index is 13.0. The predicted octanol–water partition coefficient (Wildman–Crippen LogP) is 6.52. The zero-order valence-electron chi connectivity index (χ0n) is 19.9. The molecule has 0 saturated carbocycles. The zero-order chi connectivity index (χ0) is 23.5. The molecule has 1 fully saturated rings. The maximum Gasteiger partial charge on any atom is 0.266 e. The van der Waals surface area contributed by atoms with Gasteiger partial charge in [0.25, 0.3) is 5.91 Å². The number of carbonyl (C=O) groups is 1. The van der Waals surface area contributed by atoms with Crippen LogP contribution in [0.3, 0.4) is 0 Å². The van der Waals surface area contributed by atoms with Crippen molar-refractivity contribution in [2.75, 3.05) is 32.6 Å². The smallest absolute Gasteiger partial charge is 0.266 e. The second-order valence-corrected chi connectivity index (χ2v) is 10.8. The van der Waals surface area contributed by atoms with E-state index in [1.54, 1.807) is 25.6 Å². The summed E-state index contributed by atoms with van der Waals surface area (Å²) in [5, 5.41) is 6.07. The van der Waals surface area contributed by atoms with Crippen LogP contribution in [-0.4, -0.2) is 38.1 Å². The number of anilines is 1. The highest BCUT2D eigenvalue weighted by atomic mass is 32.1. The highest BCUT2D eigenvalue weighted by molar-refractivity contribution is 7.17. The molecule has 1 aromatic carbocycles. The molecule has 7 heteroatoms. The third kappa shape index (κ3) is 4.81. The molecule has 0 aliphatic carbocycles. The molecule has 1 amide bonds. The summed E-state index contributed by atoms with van der Waals surface area (Å²) in [4.78, 5) is 17.5. The molecule has 2 aromatic heterocycles. The topological polar surface area (TPSA) is 50.8 Å². The molecule has 0 bridgehead atoms. The molecule has 3 heterocycles. The van der Waals surface area contributed by atoms with Crippen LogP contribution >= 0.6 is 22.7 Å². The fourth-order valence-electron chi connectivity index (χ4n) is 4.59. The van der Waals surface area contributed by atoms with Crippen LogP contribution in [0.15, 0.2) is 35.7 Å². The van der Waals surface area contributed by atoms with E-state index < -0.39 is 0 Å². The zero-order valence-corrected chi connectivity index (χ0v) is 21.6. The summed E-state index contributed by atoms with van der Waals surface area (Å²) in [6.07, 6.45) is 2.31. The minimum absolute atomic E-state index is 0.0360. The Hall–Kier alpha value is -2.35. The van der Waals surface area contributed by atoms with Gasteiger partial charge in [-0.25, -0.2) is 0 Å². The number of benzene rings is 1.